The summed E-state index contributed by atoms with van der Waals surface area (Å²) in [5.41, 5.74) is 1.81. The van der Waals surface area contributed by atoms with Gasteiger partial charge in [0.15, 0.2) is 5.78 Å². The molecule has 16 heavy (non-hydrogen) atoms. The van der Waals surface area contributed by atoms with Crippen molar-refractivity contribution in [2.24, 2.45) is 0 Å². The van der Waals surface area contributed by atoms with Crippen molar-refractivity contribution >= 4 is 27.5 Å². The van der Waals surface area contributed by atoms with Crippen LogP contribution in [-0.2, 0) is 0 Å². The molecule has 3 rings (SSSR count). The monoisotopic (exact) mass is 209 g/mol. The van der Waals surface area contributed by atoms with E-state index in [-0.39, 0.29) is 5.78 Å². The molecule has 78 valence electrons. The third-order valence-electron chi connectivity index (χ3n) is 2.96. The first-order valence-electron chi connectivity index (χ1n) is 5.27. The van der Waals surface area contributed by atoms with Crippen molar-refractivity contribution < 1.29 is 4.79 Å². The Balaban J connectivity index is 2.49. The Morgan fingerprint density at radius 3 is 2.69 bits per heavy atom. The van der Waals surface area contributed by atoms with Crippen molar-refractivity contribution in [1.82, 2.24) is 4.98 Å². The van der Waals surface area contributed by atoms with E-state index in [1.807, 2.05) is 18.2 Å². The van der Waals surface area contributed by atoms with Gasteiger partial charge in [-0.1, -0.05) is 36.4 Å². The number of ketones is 1. The van der Waals surface area contributed by atoms with Gasteiger partial charge in [0.1, 0.15) is 0 Å². The summed E-state index contributed by atoms with van der Waals surface area (Å²) in [6, 6.07) is 12.2. The number of carbonyl (C=O) groups is 1. The predicted molar refractivity (Wildman–Crippen MR) is 65.8 cm³/mol. The summed E-state index contributed by atoms with van der Waals surface area (Å²) >= 11 is 0. The highest BCUT2D eigenvalue weighted by Crippen LogP contribution is 2.26. The highest BCUT2D eigenvalue weighted by Gasteiger charge is 2.09. The number of fused-ring (bicyclic) bond motifs is 3. The summed E-state index contributed by atoms with van der Waals surface area (Å²) in [4.78, 5) is 14.6. The maximum atomic E-state index is 11.4. The van der Waals surface area contributed by atoms with Crippen molar-refractivity contribution in [3.63, 3.8) is 0 Å². The molecule has 1 N–H and O–H groups in total. The van der Waals surface area contributed by atoms with Gasteiger partial charge in [-0.25, -0.2) is 0 Å². The smallest absolute Gasteiger partial charge is 0.161 e. The molecule has 0 unspecified atom stereocenters. The normalized spacial score (nSPS) is 11.1. The quantitative estimate of drug-likeness (QED) is 0.611. The van der Waals surface area contributed by atoms with Crippen LogP contribution in [0, 0.1) is 0 Å². The Morgan fingerprint density at radius 2 is 1.88 bits per heavy atom. The molecule has 0 fully saturated rings. The Bertz CT molecular complexity index is 694. The largest absolute Gasteiger partial charge is 0.360 e. The van der Waals surface area contributed by atoms with E-state index in [1.165, 1.54) is 5.39 Å². The minimum absolute atomic E-state index is 0.0986. The standard InChI is InChI=1S/C14H11NO/c1-9(16)13-8-15-14-11-5-3-2-4-10(11)6-7-12(13)14/h2-8,15H,1H3. The fourth-order valence-electron chi connectivity index (χ4n) is 2.16. The van der Waals surface area contributed by atoms with Crippen LogP contribution in [0.4, 0.5) is 0 Å². The zero-order valence-corrected chi connectivity index (χ0v) is 8.95. The van der Waals surface area contributed by atoms with Crippen molar-refractivity contribution in [2.45, 2.75) is 6.92 Å². The second-order valence-corrected chi connectivity index (χ2v) is 3.97. The Morgan fingerprint density at radius 1 is 1.06 bits per heavy atom. The van der Waals surface area contributed by atoms with Gasteiger partial charge in [0.25, 0.3) is 0 Å². The van der Waals surface area contributed by atoms with Crippen LogP contribution < -0.4 is 0 Å². The maximum absolute atomic E-state index is 11.4. The molecule has 0 saturated heterocycles. The van der Waals surface area contributed by atoms with Gasteiger partial charge in [-0.05, 0) is 12.3 Å². The third-order valence-corrected chi connectivity index (χ3v) is 2.96. The number of rotatable bonds is 1. The summed E-state index contributed by atoms with van der Waals surface area (Å²) in [5, 5.41) is 3.35. The number of benzene rings is 2. The molecule has 2 aromatic carbocycles. The van der Waals surface area contributed by atoms with Gasteiger partial charge in [0, 0.05) is 22.5 Å². The van der Waals surface area contributed by atoms with Crippen molar-refractivity contribution in [1.29, 1.82) is 0 Å². The summed E-state index contributed by atoms with van der Waals surface area (Å²) in [6.07, 6.45) is 1.79. The zero-order valence-electron chi connectivity index (χ0n) is 8.95. The summed E-state index contributed by atoms with van der Waals surface area (Å²) in [7, 11) is 0. The molecular formula is C14H11NO. The molecule has 0 spiro atoms. The average molecular weight is 209 g/mol. The number of aromatic nitrogens is 1. The van der Waals surface area contributed by atoms with Gasteiger partial charge in [0.2, 0.25) is 0 Å². The molecule has 0 aliphatic heterocycles. The van der Waals surface area contributed by atoms with Gasteiger partial charge in [0.05, 0.1) is 5.52 Å². The van der Waals surface area contributed by atoms with E-state index in [2.05, 4.69) is 23.2 Å². The third kappa shape index (κ3) is 1.16. The van der Waals surface area contributed by atoms with Crippen LogP contribution >= 0.6 is 0 Å². The van der Waals surface area contributed by atoms with Gasteiger partial charge < -0.3 is 4.98 Å². The molecule has 1 aromatic heterocycles. The van der Waals surface area contributed by atoms with Gasteiger partial charge in [-0.15, -0.1) is 0 Å². The SMILES string of the molecule is CC(=O)c1c[nH]c2c1ccc1ccccc12. The van der Waals surface area contributed by atoms with E-state index >= 15 is 0 Å². The summed E-state index contributed by atoms with van der Waals surface area (Å²) in [5.74, 6) is 0.0986. The first-order valence-corrected chi connectivity index (χ1v) is 5.27. The topological polar surface area (TPSA) is 32.9 Å². The molecule has 1 heterocycles. The van der Waals surface area contributed by atoms with E-state index in [9.17, 15) is 4.79 Å². The number of aromatic amines is 1. The van der Waals surface area contributed by atoms with Crippen LogP contribution in [0.5, 0.6) is 0 Å². The number of H-pyrrole nitrogens is 1. The van der Waals surface area contributed by atoms with Gasteiger partial charge >= 0.3 is 0 Å². The van der Waals surface area contributed by atoms with Gasteiger partial charge in [-0.3, -0.25) is 4.79 Å². The number of nitrogens with one attached hydrogen (secondary N) is 1. The van der Waals surface area contributed by atoms with Gasteiger partial charge in [-0.2, -0.15) is 0 Å². The van der Waals surface area contributed by atoms with E-state index in [0.717, 1.165) is 21.9 Å². The van der Waals surface area contributed by atoms with E-state index in [0.29, 0.717) is 0 Å². The molecule has 0 radical (unpaired) electrons. The minimum Gasteiger partial charge on any atom is -0.360 e. The van der Waals surface area contributed by atoms with Crippen LogP contribution in [0.3, 0.4) is 0 Å². The molecule has 0 saturated carbocycles. The average Bonchev–Trinajstić information content (AvgIpc) is 2.73. The Kier molecular flexibility index (Phi) is 1.83. The van der Waals surface area contributed by atoms with Crippen molar-refractivity contribution in [3.05, 3.63) is 48.2 Å². The van der Waals surface area contributed by atoms with Crippen LogP contribution in [0.15, 0.2) is 42.6 Å². The molecule has 0 atom stereocenters. The highest BCUT2D eigenvalue weighted by molar-refractivity contribution is 6.14. The molecular weight excluding hydrogens is 198 g/mol. The number of hydrogen-bond donors (Lipinski definition) is 1. The Labute approximate surface area is 92.9 Å². The van der Waals surface area contributed by atoms with E-state index in [1.54, 1.807) is 13.1 Å². The minimum atomic E-state index is 0.0986. The predicted octanol–water partition coefficient (Wildman–Crippen LogP) is 3.52. The van der Waals surface area contributed by atoms with Crippen LogP contribution in [0.1, 0.15) is 17.3 Å². The number of carbonyl (C=O) groups excluding carboxylic acids is 1. The lowest BCUT2D eigenvalue weighted by molar-refractivity contribution is 0.101. The van der Waals surface area contributed by atoms with E-state index in [4.69, 9.17) is 0 Å². The molecule has 0 amide bonds. The Hall–Kier alpha value is -2.09. The summed E-state index contributed by atoms with van der Waals surface area (Å²) in [6.45, 7) is 1.60. The number of hydrogen-bond acceptors (Lipinski definition) is 1. The lowest BCUT2D eigenvalue weighted by atomic mass is 10.0. The highest BCUT2D eigenvalue weighted by atomic mass is 16.1. The second-order valence-electron chi connectivity index (χ2n) is 3.97. The van der Waals surface area contributed by atoms with Crippen molar-refractivity contribution in [3.8, 4) is 0 Å². The fraction of sp³-hybridized carbons (Fsp3) is 0.0714. The number of Topliss-reactive ketones (excluding diaryl/α,β-unsaturated/α-hetero) is 1. The molecule has 2 nitrogen and oxygen atoms in total. The molecule has 3 aromatic rings. The molecule has 0 aliphatic rings. The van der Waals surface area contributed by atoms with Crippen LogP contribution in [0.25, 0.3) is 21.7 Å². The maximum Gasteiger partial charge on any atom is 0.161 e. The lowest BCUT2D eigenvalue weighted by Crippen LogP contribution is -1.88. The zero-order chi connectivity index (χ0) is 11.1. The van der Waals surface area contributed by atoms with E-state index < -0.39 is 0 Å². The molecule has 0 bridgehead atoms. The molecule has 0 aliphatic carbocycles. The molecule has 2 heteroatoms. The summed E-state index contributed by atoms with van der Waals surface area (Å²) < 4.78 is 0. The first kappa shape index (κ1) is 9.16. The fourth-order valence-corrected chi connectivity index (χ4v) is 2.16. The lowest BCUT2D eigenvalue weighted by Gasteiger charge is -1.99. The second kappa shape index (κ2) is 3.20. The van der Waals surface area contributed by atoms with Crippen LogP contribution in [-0.4, -0.2) is 10.8 Å². The van der Waals surface area contributed by atoms with Crippen LogP contribution in [0.2, 0.25) is 0 Å². The first-order chi connectivity index (χ1) is 7.77. The van der Waals surface area contributed by atoms with Crippen molar-refractivity contribution in [2.75, 3.05) is 0 Å².